The number of ether oxygens (including phenoxy) is 4. The molecule has 0 unspecified atom stereocenters. The largest absolute Gasteiger partial charge is 0.460 e. The maximum atomic E-state index is 13.5. The average molecular weight is 1030 g/mol. The van der Waals surface area contributed by atoms with Crippen molar-refractivity contribution in [1.29, 1.82) is 0 Å². The van der Waals surface area contributed by atoms with Gasteiger partial charge in [0.25, 0.3) is 0 Å². The van der Waals surface area contributed by atoms with Crippen LogP contribution in [-0.2, 0) is 63.6 Å². The maximum absolute atomic E-state index is 13.5. The van der Waals surface area contributed by atoms with E-state index in [2.05, 4.69) is 19.8 Å². The van der Waals surface area contributed by atoms with E-state index in [-0.39, 0.29) is 67.0 Å². The van der Waals surface area contributed by atoms with E-state index in [9.17, 15) is 36.0 Å². The molecule has 2 amide bonds. The van der Waals surface area contributed by atoms with Crippen LogP contribution in [-0.4, -0.2) is 163 Å². The number of nitrogens with zero attached hydrogens (tertiary/aromatic N) is 8. The first kappa shape index (κ1) is 53.5. The summed E-state index contributed by atoms with van der Waals surface area (Å²) in [6, 6.07) is 19.7. The van der Waals surface area contributed by atoms with E-state index < -0.39 is 43.5 Å². The van der Waals surface area contributed by atoms with Crippen molar-refractivity contribution in [2.75, 3.05) is 78.8 Å². The van der Waals surface area contributed by atoms with Crippen LogP contribution in [0.4, 0.5) is 9.59 Å². The van der Waals surface area contributed by atoms with Crippen LogP contribution >= 0.6 is 0 Å². The molecule has 4 aromatic heterocycles. The second-order valence-corrected chi connectivity index (χ2v) is 19.6. The van der Waals surface area contributed by atoms with Gasteiger partial charge in [-0.05, 0) is 76.2 Å². The Hall–Kier alpha value is -6.80. The number of esters is 2. The lowest BCUT2D eigenvalue weighted by atomic mass is 10.3. The molecule has 0 spiro atoms. The number of hydrogen-bond acceptors (Lipinski definition) is 18. The number of carbonyl (C=O) groups is 4. The molecule has 23 nitrogen and oxygen atoms in total. The molecule has 0 saturated carbocycles. The first-order chi connectivity index (χ1) is 33.6. The van der Waals surface area contributed by atoms with Gasteiger partial charge in [0.1, 0.15) is 34.7 Å². The molecule has 71 heavy (non-hydrogen) atoms. The van der Waals surface area contributed by atoms with Gasteiger partial charge in [-0.2, -0.15) is 0 Å². The molecule has 384 valence electrons. The van der Waals surface area contributed by atoms with E-state index in [1.807, 2.05) is 0 Å². The van der Waals surface area contributed by atoms with Gasteiger partial charge in [-0.1, -0.05) is 24.3 Å². The van der Waals surface area contributed by atoms with Crippen LogP contribution in [0.15, 0.2) is 81.6 Å². The van der Waals surface area contributed by atoms with Crippen molar-refractivity contribution in [2.24, 2.45) is 0 Å². The number of para-hydroxylation sites is 4. The lowest BCUT2D eigenvalue weighted by molar-refractivity contribution is 0.0480. The van der Waals surface area contributed by atoms with E-state index in [0.29, 0.717) is 99.3 Å². The quantitative estimate of drug-likeness (QED) is 0.0974. The first-order valence-electron chi connectivity index (χ1n) is 22.8. The van der Waals surface area contributed by atoms with Crippen LogP contribution in [0.2, 0.25) is 0 Å². The minimum atomic E-state index is -3.94. The zero-order chi connectivity index (χ0) is 50.0. The summed E-state index contributed by atoms with van der Waals surface area (Å²) in [5.74, 6) is -1.30. The molecule has 6 aromatic rings. The Balaban J connectivity index is 0.000000229. The summed E-state index contributed by atoms with van der Waals surface area (Å²) in [7, 11) is -7.87. The van der Waals surface area contributed by atoms with Crippen LogP contribution in [0.5, 0.6) is 0 Å². The number of rotatable bonds is 16. The molecule has 8 rings (SSSR count). The van der Waals surface area contributed by atoms with Gasteiger partial charge in [-0.15, -0.1) is 0 Å². The van der Waals surface area contributed by atoms with Gasteiger partial charge in [-0.25, -0.2) is 53.9 Å². The number of fused-ring (bicyclic) bond motifs is 2. The molecule has 0 aliphatic carbocycles. The fourth-order valence-electron chi connectivity index (χ4n) is 7.96. The molecule has 0 atom stereocenters. The molecular formula is C46H58N8O15S2. The molecule has 0 radical (unpaired) electrons. The number of furan rings is 2. The summed E-state index contributed by atoms with van der Waals surface area (Å²) >= 11 is 0. The Bertz CT molecular complexity index is 2820. The predicted molar refractivity (Wildman–Crippen MR) is 256 cm³/mol. The smallest absolute Gasteiger partial charge is 0.409 e. The second-order valence-electron chi connectivity index (χ2n) is 16.0. The van der Waals surface area contributed by atoms with E-state index in [4.69, 9.17) is 27.8 Å². The molecule has 0 bridgehead atoms. The van der Waals surface area contributed by atoms with Gasteiger partial charge in [0.2, 0.25) is 31.6 Å². The number of piperazine rings is 2. The number of carbonyl (C=O) groups excluding carboxylic acids is 4. The zero-order valence-corrected chi connectivity index (χ0v) is 41.5. The summed E-state index contributed by atoms with van der Waals surface area (Å²) in [5, 5.41) is 0. The summed E-state index contributed by atoms with van der Waals surface area (Å²) in [5.41, 5.74) is 2.04. The standard InChI is InChI=1S/2C23H28N4O7S.H2O/c2*1-3-32-22(28)20-10-9-17(34-20)16-35(30,31)27-19-8-6-5-7-18(19)24-21(27)15-25-11-13-26(14-12-25)23(29)33-4-2;/h2*5-10H,3-4,11-16H2,1-2H3;1H2. The average Bonchev–Trinajstić information content (AvgIpc) is 4.15. The highest BCUT2D eigenvalue weighted by Crippen LogP contribution is 2.26. The van der Waals surface area contributed by atoms with Gasteiger partial charge in [-0.3, -0.25) is 9.80 Å². The molecule has 25 heteroatoms. The highest BCUT2D eigenvalue weighted by atomic mass is 32.2. The van der Waals surface area contributed by atoms with E-state index >= 15 is 0 Å². The summed E-state index contributed by atoms with van der Waals surface area (Å²) < 4.78 is 87.4. The highest BCUT2D eigenvalue weighted by molar-refractivity contribution is 7.89. The van der Waals surface area contributed by atoms with Crippen LogP contribution in [0, 0.1) is 0 Å². The molecule has 2 fully saturated rings. The van der Waals surface area contributed by atoms with Crippen molar-refractivity contribution >= 4 is 66.2 Å². The minimum Gasteiger partial charge on any atom is -0.460 e. The molecule has 2 saturated heterocycles. The monoisotopic (exact) mass is 1030 g/mol. The van der Waals surface area contributed by atoms with Crippen molar-refractivity contribution in [3.8, 4) is 0 Å². The van der Waals surface area contributed by atoms with Crippen molar-refractivity contribution in [1.82, 2.24) is 37.5 Å². The highest BCUT2D eigenvalue weighted by Gasteiger charge is 2.30. The van der Waals surface area contributed by atoms with Crippen molar-refractivity contribution in [3.05, 3.63) is 107 Å². The Kier molecular flexibility index (Phi) is 18.0. The Morgan fingerprint density at radius 2 is 0.859 bits per heavy atom. The molecule has 2 aromatic carbocycles. The van der Waals surface area contributed by atoms with Crippen LogP contribution in [0.25, 0.3) is 22.1 Å². The Morgan fingerprint density at radius 1 is 0.507 bits per heavy atom. The van der Waals surface area contributed by atoms with Crippen molar-refractivity contribution < 1.29 is 69.3 Å². The Labute approximate surface area is 410 Å². The van der Waals surface area contributed by atoms with E-state index in [0.717, 1.165) is 0 Å². The number of imidazole rings is 2. The lowest BCUT2D eigenvalue weighted by Gasteiger charge is -2.33. The third-order valence-corrected chi connectivity index (χ3v) is 14.4. The van der Waals surface area contributed by atoms with Crippen molar-refractivity contribution in [3.63, 3.8) is 0 Å². The van der Waals surface area contributed by atoms with E-state index in [1.165, 1.54) is 32.2 Å². The molecule has 2 aliphatic rings. The lowest BCUT2D eigenvalue weighted by Crippen LogP contribution is -2.48. The predicted octanol–water partition coefficient (Wildman–Crippen LogP) is 4.09. The molecular weight excluding hydrogens is 969 g/mol. The van der Waals surface area contributed by atoms with Crippen LogP contribution in [0.1, 0.15) is 72.0 Å². The topological polar surface area (TPSA) is 280 Å². The third-order valence-electron chi connectivity index (χ3n) is 11.2. The number of aromatic nitrogens is 4. The van der Waals surface area contributed by atoms with Gasteiger partial charge in [0.15, 0.2) is 0 Å². The first-order valence-corrected chi connectivity index (χ1v) is 26.0. The second kappa shape index (κ2) is 23.9. The zero-order valence-electron chi connectivity index (χ0n) is 39.9. The number of hydrogen-bond donors (Lipinski definition) is 0. The molecule has 6 heterocycles. The fraction of sp³-hybridized carbons (Fsp3) is 0.435. The van der Waals surface area contributed by atoms with Gasteiger partial charge < -0.3 is 43.1 Å². The summed E-state index contributed by atoms with van der Waals surface area (Å²) in [4.78, 5) is 64.3. The number of amides is 2. The van der Waals surface area contributed by atoms with Crippen LogP contribution < -0.4 is 0 Å². The molecule has 2 aliphatic heterocycles. The normalized spacial score (nSPS) is 14.6. The fourth-order valence-corrected chi connectivity index (χ4v) is 11.0. The maximum Gasteiger partial charge on any atom is 0.409 e. The van der Waals surface area contributed by atoms with Crippen LogP contribution in [0.3, 0.4) is 0 Å². The SMILES string of the molecule is CCOC(=O)c1ccc(CS(=O)(=O)n2c(CN3CCN(C(=O)OCC)CC3)nc3ccccc32)o1.CCOC(=O)c1ccc(CS(=O)(=O)n2c(CN3CCN(C(=O)OCC)CC3)nc3ccccc32)o1.O. The summed E-state index contributed by atoms with van der Waals surface area (Å²) in [6.07, 6.45) is -0.690. The number of benzene rings is 2. The van der Waals surface area contributed by atoms with Gasteiger partial charge >= 0.3 is 24.1 Å². The van der Waals surface area contributed by atoms with Gasteiger partial charge in [0, 0.05) is 52.4 Å². The van der Waals surface area contributed by atoms with Gasteiger partial charge in [0.05, 0.1) is 61.6 Å². The van der Waals surface area contributed by atoms with Crippen molar-refractivity contribution in [2.45, 2.75) is 52.3 Å². The Morgan fingerprint density at radius 3 is 1.21 bits per heavy atom. The molecule has 2 N–H and O–H groups in total. The summed E-state index contributed by atoms with van der Waals surface area (Å²) in [6.45, 7) is 12.6. The third kappa shape index (κ3) is 12.9. The van der Waals surface area contributed by atoms with E-state index in [1.54, 1.807) is 86.0 Å². The minimum absolute atomic E-state index is 0.